The van der Waals surface area contributed by atoms with E-state index in [4.69, 9.17) is 0 Å². The molecule has 0 radical (unpaired) electrons. The molecule has 4 N–H and O–H groups in total. The number of fused-ring (bicyclic) bond motifs is 2. The van der Waals surface area contributed by atoms with Gasteiger partial charge in [0.15, 0.2) is 0 Å². The van der Waals surface area contributed by atoms with Crippen LogP contribution in [-0.2, 0) is 4.79 Å². The number of hydrogen-bond donors (Lipinski definition) is 4. The third-order valence-electron chi connectivity index (χ3n) is 5.39. The number of rotatable bonds is 1. The summed E-state index contributed by atoms with van der Waals surface area (Å²) in [5.74, 6) is -2.19. The van der Waals surface area contributed by atoms with E-state index in [1.807, 2.05) is 0 Å². The van der Waals surface area contributed by atoms with Crippen LogP contribution in [0.1, 0.15) is 25.7 Å². The van der Waals surface area contributed by atoms with Crippen molar-refractivity contribution < 1.29 is 25.2 Å². The molecule has 0 saturated heterocycles. The smallest absolute Gasteiger partial charge is 0.149 e. The van der Waals surface area contributed by atoms with E-state index in [9.17, 15) is 25.2 Å². The fourth-order valence-electron chi connectivity index (χ4n) is 4.45. The first-order chi connectivity index (χ1) is 9.54. The van der Waals surface area contributed by atoms with Crippen LogP contribution in [0.15, 0.2) is 11.8 Å². The average Bonchev–Trinajstić information content (AvgIpc) is 2.43. The van der Waals surface area contributed by atoms with Crippen molar-refractivity contribution in [1.29, 1.82) is 0 Å². The van der Waals surface area contributed by atoms with Gasteiger partial charge < -0.3 is 20.4 Å². The monoisotopic (exact) mass is 282 g/mol. The number of Topliss-reactive ketones (excluding diaryl/α,β-unsaturated/α-hetero) is 1. The van der Waals surface area contributed by atoms with Crippen LogP contribution >= 0.6 is 0 Å². The van der Waals surface area contributed by atoms with Crippen molar-refractivity contribution in [1.82, 2.24) is 0 Å². The van der Waals surface area contributed by atoms with Crippen LogP contribution in [0.25, 0.3) is 0 Å². The molecule has 112 valence electrons. The first-order valence-corrected chi connectivity index (χ1v) is 7.46. The van der Waals surface area contributed by atoms with Gasteiger partial charge in [-0.05, 0) is 31.3 Å². The molecule has 0 heterocycles. The second-order valence-electron chi connectivity index (χ2n) is 6.49. The summed E-state index contributed by atoms with van der Waals surface area (Å²) in [4.78, 5) is 12.6. The summed E-state index contributed by atoms with van der Waals surface area (Å²) in [6.07, 6.45) is 2.78. The molecule has 5 heteroatoms. The number of aliphatic hydroxyl groups is 4. The van der Waals surface area contributed by atoms with Gasteiger partial charge >= 0.3 is 0 Å². The van der Waals surface area contributed by atoms with Crippen molar-refractivity contribution in [2.24, 2.45) is 29.6 Å². The highest BCUT2D eigenvalue weighted by molar-refractivity contribution is 5.88. The molecule has 0 aliphatic heterocycles. The summed E-state index contributed by atoms with van der Waals surface area (Å²) in [6.45, 7) is -0.0924. The zero-order chi connectivity index (χ0) is 14.4. The molecule has 0 aromatic carbocycles. The highest BCUT2D eigenvalue weighted by Crippen LogP contribution is 2.49. The molecule has 3 aliphatic rings. The zero-order valence-corrected chi connectivity index (χ0v) is 11.4. The van der Waals surface area contributed by atoms with Gasteiger partial charge in [0.1, 0.15) is 5.78 Å². The molecule has 2 saturated carbocycles. The first-order valence-electron chi connectivity index (χ1n) is 7.46. The molecule has 0 spiro atoms. The van der Waals surface area contributed by atoms with E-state index in [1.54, 1.807) is 0 Å². The maximum atomic E-state index is 12.6. The molecule has 5 nitrogen and oxygen atoms in total. The van der Waals surface area contributed by atoms with Crippen molar-refractivity contribution in [3.8, 4) is 0 Å². The lowest BCUT2D eigenvalue weighted by molar-refractivity contribution is -0.157. The summed E-state index contributed by atoms with van der Waals surface area (Å²) in [7, 11) is 0. The van der Waals surface area contributed by atoms with E-state index in [0.717, 1.165) is 12.8 Å². The SMILES string of the molecule is O=C1C2C(O)=CC(CO)CC2C(O)C2CCCC(O)C12. The third-order valence-corrected chi connectivity index (χ3v) is 5.39. The summed E-state index contributed by atoms with van der Waals surface area (Å²) in [5, 5.41) is 40.0. The molecule has 0 bridgehead atoms. The number of carbonyl (C=O) groups is 1. The van der Waals surface area contributed by atoms with E-state index in [1.165, 1.54) is 6.08 Å². The molecule has 3 rings (SSSR count). The minimum Gasteiger partial charge on any atom is -0.512 e. The number of hydrogen-bond acceptors (Lipinski definition) is 5. The van der Waals surface area contributed by atoms with Crippen LogP contribution in [0, 0.1) is 29.6 Å². The quantitative estimate of drug-likeness (QED) is 0.558. The lowest BCUT2D eigenvalue weighted by Gasteiger charge is -2.49. The molecule has 2 fully saturated rings. The van der Waals surface area contributed by atoms with Crippen molar-refractivity contribution in [2.75, 3.05) is 6.61 Å². The van der Waals surface area contributed by atoms with E-state index in [0.29, 0.717) is 12.8 Å². The lowest BCUT2D eigenvalue weighted by atomic mass is 9.57. The summed E-state index contributed by atoms with van der Waals surface area (Å²) in [5.41, 5.74) is 0. The largest absolute Gasteiger partial charge is 0.512 e. The fraction of sp³-hybridized carbons (Fsp3) is 0.800. The van der Waals surface area contributed by atoms with Crippen molar-refractivity contribution >= 4 is 5.78 Å². The van der Waals surface area contributed by atoms with Gasteiger partial charge in [-0.3, -0.25) is 4.79 Å². The molecular formula is C15H22O5. The minimum atomic E-state index is -0.708. The van der Waals surface area contributed by atoms with Crippen LogP contribution in [0.3, 0.4) is 0 Å². The zero-order valence-electron chi connectivity index (χ0n) is 11.4. The molecule has 7 atom stereocenters. The van der Waals surface area contributed by atoms with Crippen LogP contribution in [0.5, 0.6) is 0 Å². The van der Waals surface area contributed by atoms with Crippen molar-refractivity contribution in [2.45, 2.75) is 37.9 Å². The number of allylic oxidation sites excluding steroid dienone is 1. The third kappa shape index (κ3) is 2.00. The Morgan fingerprint density at radius 3 is 2.65 bits per heavy atom. The van der Waals surface area contributed by atoms with E-state index >= 15 is 0 Å². The van der Waals surface area contributed by atoms with Crippen LogP contribution in [-0.4, -0.2) is 45.0 Å². The summed E-state index contributed by atoms with van der Waals surface area (Å²) < 4.78 is 0. The second kappa shape index (κ2) is 5.13. The number of ketones is 1. The van der Waals surface area contributed by atoms with Crippen molar-refractivity contribution in [3.05, 3.63) is 11.8 Å². The van der Waals surface area contributed by atoms with E-state index < -0.39 is 24.0 Å². The molecule has 3 aliphatic carbocycles. The first kappa shape index (κ1) is 14.0. The van der Waals surface area contributed by atoms with Gasteiger partial charge in [-0.15, -0.1) is 0 Å². The number of aliphatic hydroxyl groups excluding tert-OH is 4. The van der Waals surface area contributed by atoms with Gasteiger partial charge in [0.25, 0.3) is 0 Å². The Bertz CT molecular complexity index is 432. The summed E-state index contributed by atoms with van der Waals surface area (Å²) in [6, 6.07) is 0. The van der Waals surface area contributed by atoms with Crippen molar-refractivity contribution in [3.63, 3.8) is 0 Å². The predicted octanol–water partition coefficient (Wildman–Crippen LogP) is 0.394. The normalized spacial score (nSPS) is 48.2. The van der Waals surface area contributed by atoms with Gasteiger partial charge in [-0.1, -0.05) is 6.42 Å². The number of carbonyl (C=O) groups excluding carboxylic acids is 1. The van der Waals surface area contributed by atoms with Crippen LogP contribution in [0.4, 0.5) is 0 Å². The lowest BCUT2D eigenvalue weighted by Crippen LogP contribution is -2.56. The highest BCUT2D eigenvalue weighted by atomic mass is 16.3. The molecule has 0 amide bonds. The molecule has 0 aromatic rings. The summed E-state index contributed by atoms with van der Waals surface area (Å²) >= 11 is 0. The van der Waals surface area contributed by atoms with E-state index in [-0.39, 0.29) is 35.9 Å². The Morgan fingerprint density at radius 2 is 1.95 bits per heavy atom. The Labute approximate surface area is 117 Å². The van der Waals surface area contributed by atoms with Gasteiger partial charge in [0.2, 0.25) is 0 Å². The average molecular weight is 282 g/mol. The maximum Gasteiger partial charge on any atom is 0.149 e. The van der Waals surface area contributed by atoms with Gasteiger partial charge in [0, 0.05) is 24.4 Å². The molecule has 7 unspecified atom stereocenters. The van der Waals surface area contributed by atoms with Gasteiger partial charge in [-0.25, -0.2) is 0 Å². The Hall–Kier alpha value is -0.910. The van der Waals surface area contributed by atoms with E-state index in [2.05, 4.69) is 0 Å². The maximum absolute atomic E-state index is 12.6. The Morgan fingerprint density at radius 1 is 1.20 bits per heavy atom. The van der Waals surface area contributed by atoms with Crippen LogP contribution in [0.2, 0.25) is 0 Å². The fourth-order valence-corrected chi connectivity index (χ4v) is 4.45. The second-order valence-corrected chi connectivity index (χ2v) is 6.49. The van der Waals surface area contributed by atoms with Crippen LogP contribution < -0.4 is 0 Å². The van der Waals surface area contributed by atoms with Gasteiger partial charge in [-0.2, -0.15) is 0 Å². The van der Waals surface area contributed by atoms with Gasteiger partial charge in [0.05, 0.1) is 23.9 Å². The molecule has 0 aromatic heterocycles. The standard InChI is InChI=1S/C15H22O5/c16-6-7-4-9-13(11(18)5-7)15(20)12-8(14(9)19)2-1-3-10(12)17/h5,7-10,12-14,16-19H,1-4,6H2. The highest BCUT2D eigenvalue weighted by Gasteiger charge is 2.55. The Balaban J connectivity index is 1.95. The molecule has 20 heavy (non-hydrogen) atoms. The topological polar surface area (TPSA) is 98.0 Å². The predicted molar refractivity (Wildman–Crippen MR) is 70.7 cm³/mol. The minimum absolute atomic E-state index is 0.0411. The Kier molecular flexibility index (Phi) is 3.60. The molecular weight excluding hydrogens is 260 g/mol.